The lowest BCUT2D eigenvalue weighted by Crippen LogP contribution is -2.13. The van der Waals surface area contributed by atoms with Crippen molar-refractivity contribution in [2.24, 2.45) is 0 Å². The van der Waals surface area contributed by atoms with E-state index in [0.29, 0.717) is 0 Å². The second kappa shape index (κ2) is 6.16. The molecule has 0 saturated heterocycles. The number of rotatable bonds is 4. The molecular formula is C13H11FN2OS. The third kappa shape index (κ3) is 3.85. The lowest BCUT2D eigenvalue weighted by Gasteiger charge is -2.04. The minimum atomic E-state index is -0.277. The van der Waals surface area contributed by atoms with Crippen LogP contribution in [-0.2, 0) is 4.79 Å². The van der Waals surface area contributed by atoms with Crippen molar-refractivity contribution >= 4 is 23.4 Å². The number of nitrogens with one attached hydrogen (secondary N) is 1. The molecule has 1 N–H and O–H groups in total. The Hall–Kier alpha value is -1.88. The van der Waals surface area contributed by atoms with Crippen molar-refractivity contribution in [2.45, 2.75) is 4.90 Å². The van der Waals surface area contributed by atoms with Gasteiger partial charge in [-0.3, -0.25) is 9.78 Å². The van der Waals surface area contributed by atoms with Crippen molar-refractivity contribution in [2.75, 3.05) is 11.1 Å². The summed E-state index contributed by atoms with van der Waals surface area (Å²) in [5.74, 6) is -0.0929. The van der Waals surface area contributed by atoms with E-state index in [9.17, 15) is 9.18 Å². The number of halogens is 1. The molecule has 0 saturated carbocycles. The van der Waals surface area contributed by atoms with E-state index < -0.39 is 0 Å². The van der Waals surface area contributed by atoms with E-state index in [1.54, 1.807) is 36.7 Å². The summed E-state index contributed by atoms with van der Waals surface area (Å²) in [5, 5.41) is 2.75. The largest absolute Gasteiger partial charge is 0.325 e. The molecule has 1 aromatic heterocycles. The Morgan fingerprint density at radius 2 is 1.83 bits per heavy atom. The Morgan fingerprint density at radius 3 is 2.50 bits per heavy atom. The molecular weight excluding hydrogens is 251 g/mol. The minimum absolute atomic E-state index is 0.101. The topological polar surface area (TPSA) is 42.0 Å². The molecule has 0 spiro atoms. The summed E-state index contributed by atoms with van der Waals surface area (Å²) in [6, 6.07) is 9.51. The van der Waals surface area contributed by atoms with Crippen molar-refractivity contribution in [3.05, 3.63) is 54.6 Å². The number of carbonyl (C=O) groups excluding carboxylic acids is 1. The van der Waals surface area contributed by atoms with Crippen molar-refractivity contribution in [1.29, 1.82) is 0 Å². The van der Waals surface area contributed by atoms with Gasteiger partial charge in [0.15, 0.2) is 0 Å². The SMILES string of the molecule is O=C(CSc1ccc(F)cc1)Nc1ccncc1. The van der Waals surface area contributed by atoms with Gasteiger partial charge in [0.2, 0.25) is 5.91 Å². The van der Waals surface area contributed by atoms with E-state index in [2.05, 4.69) is 10.3 Å². The fourth-order valence-corrected chi connectivity index (χ4v) is 2.01. The average molecular weight is 262 g/mol. The number of benzene rings is 1. The Balaban J connectivity index is 1.83. The van der Waals surface area contributed by atoms with Crippen molar-refractivity contribution in [3.8, 4) is 0 Å². The van der Waals surface area contributed by atoms with Crippen LogP contribution in [0.15, 0.2) is 53.7 Å². The van der Waals surface area contributed by atoms with E-state index in [4.69, 9.17) is 0 Å². The van der Waals surface area contributed by atoms with Gasteiger partial charge in [0, 0.05) is 23.0 Å². The van der Waals surface area contributed by atoms with Gasteiger partial charge < -0.3 is 5.32 Å². The van der Waals surface area contributed by atoms with Gasteiger partial charge in [0.1, 0.15) is 5.82 Å². The van der Waals surface area contributed by atoms with Crippen LogP contribution in [0.5, 0.6) is 0 Å². The highest BCUT2D eigenvalue weighted by atomic mass is 32.2. The van der Waals surface area contributed by atoms with Gasteiger partial charge in [-0.05, 0) is 36.4 Å². The highest BCUT2D eigenvalue weighted by molar-refractivity contribution is 8.00. The zero-order valence-corrected chi connectivity index (χ0v) is 10.3. The molecule has 3 nitrogen and oxygen atoms in total. The van der Waals surface area contributed by atoms with Gasteiger partial charge in [-0.1, -0.05) is 0 Å². The van der Waals surface area contributed by atoms with E-state index in [1.807, 2.05) is 0 Å². The minimum Gasteiger partial charge on any atom is -0.325 e. The molecule has 0 bridgehead atoms. The summed E-state index contributed by atoms with van der Waals surface area (Å²) in [6.07, 6.45) is 3.23. The van der Waals surface area contributed by atoms with Crippen LogP contribution in [0, 0.1) is 5.82 Å². The Morgan fingerprint density at radius 1 is 1.17 bits per heavy atom. The van der Waals surface area contributed by atoms with Crippen molar-refractivity contribution in [1.82, 2.24) is 4.98 Å². The van der Waals surface area contributed by atoms with Crippen LogP contribution in [-0.4, -0.2) is 16.6 Å². The molecule has 0 atom stereocenters. The third-order valence-electron chi connectivity index (χ3n) is 2.15. The number of aromatic nitrogens is 1. The van der Waals surface area contributed by atoms with Gasteiger partial charge in [-0.15, -0.1) is 11.8 Å². The molecule has 18 heavy (non-hydrogen) atoms. The zero-order chi connectivity index (χ0) is 12.8. The van der Waals surface area contributed by atoms with Crippen LogP contribution in [0.3, 0.4) is 0 Å². The number of nitrogens with zero attached hydrogens (tertiary/aromatic N) is 1. The number of anilines is 1. The molecule has 0 radical (unpaired) electrons. The second-order valence-electron chi connectivity index (χ2n) is 3.53. The molecule has 0 unspecified atom stereocenters. The lowest BCUT2D eigenvalue weighted by molar-refractivity contribution is -0.113. The van der Waals surface area contributed by atoms with Gasteiger partial charge in [-0.25, -0.2) is 4.39 Å². The van der Waals surface area contributed by atoms with E-state index in [-0.39, 0.29) is 17.5 Å². The maximum Gasteiger partial charge on any atom is 0.234 e. The Labute approximate surface area is 108 Å². The van der Waals surface area contributed by atoms with E-state index in [0.717, 1.165) is 10.6 Å². The van der Waals surface area contributed by atoms with Crippen molar-refractivity contribution in [3.63, 3.8) is 0 Å². The monoisotopic (exact) mass is 262 g/mol. The Kier molecular flexibility index (Phi) is 4.30. The van der Waals surface area contributed by atoms with Crippen molar-refractivity contribution < 1.29 is 9.18 Å². The molecule has 0 aliphatic carbocycles. The first-order chi connectivity index (χ1) is 8.74. The molecule has 1 amide bonds. The summed E-state index contributed by atoms with van der Waals surface area (Å²) >= 11 is 1.36. The Bertz CT molecular complexity index is 516. The maximum absolute atomic E-state index is 12.7. The molecule has 2 aromatic rings. The number of hydrogen-bond donors (Lipinski definition) is 1. The molecule has 0 aliphatic rings. The fraction of sp³-hybridized carbons (Fsp3) is 0.0769. The maximum atomic E-state index is 12.7. The van der Waals surface area contributed by atoms with Gasteiger partial charge in [0.05, 0.1) is 5.75 Å². The van der Waals surface area contributed by atoms with Crippen LogP contribution in [0.25, 0.3) is 0 Å². The first kappa shape index (κ1) is 12.6. The van der Waals surface area contributed by atoms with Crippen LogP contribution in [0.4, 0.5) is 10.1 Å². The number of carbonyl (C=O) groups is 1. The number of pyridine rings is 1. The summed E-state index contributed by atoms with van der Waals surface area (Å²) in [5.41, 5.74) is 0.717. The highest BCUT2D eigenvalue weighted by Gasteiger charge is 2.03. The second-order valence-corrected chi connectivity index (χ2v) is 4.58. The number of thioether (sulfide) groups is 1. The molecule has 5 heteroatoms. The predicted molar refractivity (Wildman–Crippen MR) is 70.0 cm³/mol. The zero-order valence-electron chi connectivity index (χ0n) is 9.47. The lowest BCUT2D eigenvalue weighted by atomic mass is 10.4. The van der Waals surface area contributed by atoms with Gasteiger partial charge >= 0.3 is 0 Å². The fourth-order valence-electron chi connectivity index (χ4n) is 1.31. The summed E-state index contributed by atoms with van der Waals surface area (Å²) < 4.78 is 12.7. The molecule has 92 valence electrons. The van der Waals surface area contributed by atoms with Crippen LogP contribution < -0.4 is 5.32 Å². The number of hydrogen-bond acceptors (Lipinski definition) is 3. The summed E-state index contributed by atoms with van der Waals surface area (Å²) in [4.78, 5) is 16.4. The molecule has 0 fully saturated rings. The highest BCUT2D eigenvalue weighted by Crippen LogP contribution is 2.18. The van der Waals surface area contributed by atoms with Crippen LogP contribution in [0.2, 0.25) is 0 Å². The van der Waals surface area contributed by atoms with E-state index >= 15 is 0 Å². The van der Waals surface area contributed by atoms with Crippen LogP contribution >= 0.6 is 11.8 Å². The predicted octanol–water partition coefficient (Wildman–Crippen LogP) is 2.95. The summed E-state index contributed by atoms with van der Waals surface area (Å²) in [7, 11) is 0. The smallest absolute Gasteiger partial charge is 0.234 e. The standard InChI is InChI=1S/C13H11FN2OS/c14-10-1-3-12(4-2-10)18-9-13(17)16-11-5-7-15-8-6-11/h1-8H,9H2,(H,15,16,17). The molecule has 0 aliphatic heterocycles. The first-order valence-electron chi connectivity index (χ1n) is 5.32. The van der Waals surface area contributed by atoms with E-state index in [1.165, 1.54) is 23.9 Å². The first-order valence-corrected chi connectivity index (χ1v) is 6.31. The average Bonchev–Trinajstić information content (AvgIpc) is 2.39. The van der Waals surface area contributed by atoms with Crippen LogP contribution in [0.1, 0.15) is 0 Å². The van der Waals surface area contributed by atoms with Gasteiger partial charge in [0.25, 0.3) is 0 Å². The third-order valence-corrected chi connectivity index (χ3v) is 3.16. The normalized spacial score (nSPS) is 10.1. The molecule has 2 rings (SSSR count). The van der Waals surface area contributed by atoms with Gasteiger partial charge in [-0.2, -0.15) is 0 Å². The number of amides is 1. The summed E-state index contributed by atoms with van der Waals surface area (Å²) in [6.45, 7) is 0. The molecule has 1 aromatic carbocycles. The quantitative estimate of drug-likeness (QED) is 0.861. The molecule has 1 heterocycles.